The highest BCUT2D eigenvalue weighted by molar-refractivity contribution is 5.69. The number of hydrogen-bond acceptors (Lipinski definition) is 6. The van der Waals surface area contributed by atoms with E-state index in [-0.39, 0.29) is 18.5 Å². The van der Waals surface area contributed by atoms with Gasteiger partial charge in [-0.1, -0.05) is 51.9 Å². The summed E-state index contributed by atoms with van der Waals surface area (Å²) in [5.41, 5.74) is -2.12. The molecule has 0 radical (unpaired) electrons. The van der Waals surface area contributed by atoms with E-state index in [0.717, 1.165) is 32.6 Å². The second kappa shape index (κ2) is 14.3. The van der Waals surface area contributed by atoms with E-state index in [4.69, 9.17) is 4.74 Å². The number of nitro groups is 2. The zero-order valence-electron chi connectivity index (χ0n) is 17.1. The number of carbonyl (C=O) groups is 1. The second-order valence-electron chi connectivity index (χ2n) is 7.50. The van der Waals surface area contributed by atoms with Crippen LogP contribution >= 0.6 is 0 Å². The molecule has 0 rings (SSSR count). The third kappa shape index (κ3) is 11.6. The minimum Gasteiger partial charge on any atom is -0.463 e. The Labute approximate surface area is 162 Å². The first-order valence-corrected chi connectivity index (χ1v) is 10.2. The van der Waals surface area contributed by atoms with Crippen molar-refractivity contribution < 1.29 is 19.4 Å². The van der Waals surface area contributed by atoms with Gasteiger partial charge in [-0.2, -0.15) is 0 Å². The summed E-state index contributed by atoms with van der Waals surface area (Å²) in [7, 11) is 0. The van der Waals surface area contributed by atoms with Gasteiger partial charge in [0.05, 0.1) is 29.3 Å². The molecule has 8 heteroatoms. The van der Waals surface area contributed by atoms with Crippen LogP contribution in [0.15, 0.2) is 0 Å². The highest BCUT2D eigenvalue weighted by Gasteiger charge is 2.49. The molecule has 1 atom stereocenters. The van der Waals surface area contributed by atoms with Crippen molar-refractivity contribution in [1.29, 1.82) is 0 Å². The van der Waals surface area contributed by atoms with Crippen LogP contribution in [0.3, 0.4) is 0 Å². The van der Waals surface area contributed by atoms with Crippen LogP contribution < -0.4 is 0 Å². The van der Waals surface area contributed by atoms with E-state index in [1.54, 1.807) is 0 Å². The lowest BCUT2D eigenvalue weighted by molar-refractivity contribution is -0.793. The molecular formula is C19H36N2O6. The minimum absolute atomic E-state index is 0.0978. The fourth-order valence-corrected chi connectivity index (χ4v) is 2.89. The fraction of sp³-hybridized carbons (Fsp3) is 0.947. The molecule has 0 aliphatic carbocycles. The average molecular weight is 389 g/mol. The molecule has 0 N–H and O–H groups in total. The van der Waals surface area contributed by atoms with Gasteiger partial charge in [0.15, 0.2) is 0 Å². The first kappa shape index (κ1) is 25.3. The van der Waals surface area contributed by atoms with E-state index in [9.17, 15) is 25.0 Å². The number of ether oxygens (including phenoxy) is 1. The Morgan fingerprint density at radius 1 is 0.926 bits per heavy atom. The predicted molar refractivity (Wildman–Crippen MR) is 104 cm³/mol. The zero-order valence-corrected chi connectivity index (χ0v) is 17.1. The molecule has 0 saturated heterocycles. The Morgan fingerprint density at radius 3 is 2.00 bits per heavy atom. The molecule has 0 aromatic rings. The summed E-state index contributed by atoms with van der Waals surface area (Å²) in [4.78, 5) is 31.8. The molecule has 0 aliphatic rings. The molecule has 0 aromatic heterocycles. The lowest BCUT2D eigenvalue weighted by Crippen LogP contribution is -2.43. The van der Waals surface area contributed by atoms with Crippen LogP contribution in [0.4, 0.5) is 0 Å². The lowest BCUT2D eigenvalue weighted by atomic mass is 10.0. The third-order valence-corrected chi connectivity index (χ3v) is 4.86. The maximum atomic E-state index is 11.8. The van der Waals surface area contributed by atoms with Crippen LogP contribution in [0, 0.1) is 20.2 Å². The summed E-state index contributed by atoms with van der Waals surface area (Å²) >= 11 is 0. The second-order valence-corrected chi connectivity index (χ2v) is 7.50. The minimum atomic E-state index is -2.12. The quantitative estimate of drug-likeness (QED) is 0.110. The number of hydrogen-bond donors (Lipinski definition) is 0. The molecule has 0 bridgehead atoms. The van der Waals surface area contributed by atoms with Crippen molar-refractivity contribution >= 4 is 5.97 Å². The topological polar surface area (TPSA) is 113 Å². The largest absolute Gasteiger partial charge is 0.463 e. The van der Waals surface area contributed by atoms with Crippen LogP contribution in [-0.4, -0.2) is 27.6 Å². The molecule has 27 heavy (non-hydrogen) atoms. The normalized spacial score (nSPS) is 12.6. The van der Waals surface area contributed by atoms with Gasteiger partial charge in [0.2, 0.25) is 0 Å². The van der Waals surface area contributed by atoms with Gasteiger partial charge in [0, 0.05) is 6.42 Å². The third-order valence-electron chi connectivity index (χ3n) is 4.86. The van der Waals surface area contributed by atoms with Crippen molar-refractivity contribution in [3.05, 3.63) is 20.2 Å². The van der Waals surface area contributed by atoms with Gasteiger partial charge in [0.1, 0.15) is 0 Å². The lowest BCUT2D eigenvalue weighted by Gasteiger charge is -2.14. The van der Waals surface area contributed by atoms with E-state index in [2.05, 4.69) is 6.92 Å². The summed E-state index contributed by atoms with van der Waals surface area (Å²) in [5, 5.41) is 21.7. The van der Waals surface area contributed by atoms with Crippen molar-refractivity contribution in [1.82, 2.24) is 0 Å². The van der Waals surface area contributed by atoms with E-state index < -0.39 is 15.5 Å². The maximum Gasteiger partial charge on any atom is 0.455 e. The van der Waals surface area contributed by atoms with Gasteiger partial charge in [-0.05, 0) is 32.6 Å². The Kier molecular flexibility index (Phi) is 13.4. The highest BCUT2D eigenvalue weighted by Crippen LogP contribution is 2.20. The van der Waals surface area contributed by atoms with Gasteiger partial charge in [-0.3, -0.25) is 25.0 Å². The van der Waals surface area contributed by atoms with Gasteiger partial charge in [-0.25, -0.2) is 0 Å². The van der Waals surface area contributed by atoms with Gasteiger partial charge in [-0.15, -0.1) is 0 Å². The first-order valence-electron chi connectivity index (χ1n) is 10.2. The number of esters is 1. The number of carbonyl (C=O) groups excluding carboxylic acids is 1. The molecule has 1 unspecified atom stereocenters. The van der Waals surface area contributed by atoms with E-state index in [0.29, 0.717) is 25.7 Å². The smallest absolute Gasteiger partial charge is 0.455 e. The summed E-state index contributed by atoms with van der Waals surface area (Å²) in [6.07, 6.45) is 10.6. The number of rotatable bonds is 17. The molecule has 0 saturated carbocycles. The van der Waals surface area contributed by atoms with Crippen molar-refractivity contribution in [2.45, 2.75) is 116 Å². The summed E-state index contributed by atoms with van der Waals surface area (Å²) in [5.74, 6) is -0.176. The Balaban J connectivity index is 3.76. The maximum absolute atomic E-state index is 11.8. The summed E-state index contributed by atoms with van der Waals surface area (Å²) < 4.78 is 5.36. The van der Waals surface area contributed by atoms with Crippen LogP contribution in [0.5, 0.6) is 0 Å². The fourth-order valence-electron chi connectivity index (χ4n) is 2.89. The molecule has 158 valence electrons. The van der Waals surface area contributed by atoms with Crippen LogP contribution in [0.2, 0.25) is 0 Å². The van der Waals surface area contributed by atoms with Gasteiger partial charge < -0.3 is 4.74 Å². The molecule has 0 aromatic carbocycles. The standard InChI is InChI=1S/C19H36N2O6/c1-4-5-6-7-8-9-12-15-18(22)27-17(2)14-11-10-13-16-19(3,20(23)24)21(25)26/h17H,4-16H2,1-3H3. The SMILES string of the molecule is CCCCCCCCCC(=O)OC(C)CCCCCC(C)([N+](=O)[O-])[N+](=O)[O-]. The van der Waals surface area contributed by atoms with Crippen molar-refractivity contribution in [2.75, 3.05) is 0 Å². The van der Waals surface area contributed by atoms with E-state index in [1.807, 2.05) is 6.92 Å². The molecule has 0 spiro atoms. The highest BCUT2D eigenvalue weighted by atomic mass is 16.7. The molecule has 0 heterocycles. The Morgan fingerprint density at radius 2 is 1.44 bits per heavy atom. The van der Waals surface area contributed by atoms with Gasteiger partial charge in [0.25, 0.3) is 0 Å². The summed E-state index contributed by atoms with van der Waals surface area (Å²) in [6, 6.07) is 0. The van der Waals surface area contributed by atoms with E-state index in [1.165, 1.54) is 25.7 Å². The molecule has 0 aliphatic heterocycles. The van der Waals surface area contributed by atoms with Crippen molar-refractivity contribution in [2.24, 2.45) is 0 Å². The zero-order chi connectivity index (χ0) is 20.7. The predicted octanol–water partition coefficient (Wildman–Crippen LogP) is 5.28. The molecule has 0 amide bonds. The van der Waals surface area contributed by atoms with Crippen LogP contribution in [0.1, 0.15) is 104 Å². The van der Waals surface area contributed by atoms with Gasteiger partial charge >= 0.3 is 11.6 Å². The average Bonchev–Trinajstić information content (AvgIpc) is 2.59. The molecular weight excluding hydrogens is 352 g/mol. The number of nitrogens with zero attached hydrogens (tertiary/aromatic N) is 2. The summed E-state index contributed by atoms with van der Waals surface area (Å²) in [6.45, 7) is 5.06. The van der Waals surface area contributed by atoms with Crippen LogP contribution in [-0.2, 0) is 9.53 Å². The molecule has 0 fully saturated rings. The Bertz CT molecular complexity index is 441. The Hall–Kier alpha value is -1.73. The van der Waals surface area contributed by atoms with Crippen molar-refractivity contribution in [3.63, 3.8) is 0 Å². The first-order chi connectivity index (χ1) is 12.7. The monoisotopic (exact) mass is 388 g/mol. The van der Waals surface area contributed by atoms with Crippen LogP contribution in [0.25, 0.3) is 0 Å². The van der Waals surface area contributed by atoms with Crippen molar-refractivity contribution in [3.8, 4) is 0 Å². The number of unbranched alkanes of at least 4 members (excludes halogenated alkanes) is 8. The van der Waals surface area contributed by atoms with E-state index >= 15 is 0 Å². The molecule has 8 nitrogen and oxygen atoms in total.